The monoisotopic (exact) mass is 334 g/mol. The van der Waals surface area contributed by atoms with Crippen LogP contribution in [-0.4, -0.2) is 33.5 Å². The first-order chi connectivity index (χ1) is 11.0. The molecule has 3 aromatic rings. The zero-order valence-electron chi connectivity index (χ0n) is 12.3. The number of hydrogen-bond donors (Lipinski definition) is 0. The fourth-order valence-electron chi connectivity index (χ4n) is 2.10. The standard InChI is InChI=1S/C14H14N4O4S/c1-17-13-12(9-16-17)14(19)18(10-15-13)7-8-23(20,21)22-11-5-3-2-4-6-11/h2-6,9-10H,7-8H2,1H3. The maximum Gasteiger partial charge on any atom is 0.310 e. The summed E-state index contributed by atoms with van der Waals surface area (Å²) in [5, 5.41) is 4.30. The first-order valence-corrected chi connectivity index (χ1v) is 8.38. The Bertz CT molecular complexity index is 993. The van der Waals surface area contributed by atoms with Gasteiger partial charge in [0.2, 0.25) is 0 Å². The molecule has 120 valence electrons. The van der Waals surface area contributed by atoms with Crippen molar-refractivity contribution >= 4 is 21.2 Å². The molecule has 23 heavy (non-hydrogen) atoms. The lowest BCUT2D eigenvalue weighted by molar-refractivity contribution is 0.480. The Morgan fingerprint density at radius 3 is 2.70 bits per heavy atom. The third-order valence-electron chi connectivity index (χ3n) is 3.27. The molecule has 8 nitrogen and oxygen atoms in total. The van der Waals surface area contributed by atoms with Gasteiger partial charge in [-0.2, -0.15) is 13.5 Å². The molecule has 0 radical (unpaired) electrons. The summed E-state index contributed by atoms with van der Waals surface area (Å²) in [7, 11) is -2.13. The number of fused-ring (bicyclic) bond motifs is 1. The van der Waals surface area contributed by atoms with Crippen LogP contribution in [0.3, 0.4) is 0 Å². The van der Waals surface area contributed by atoms with E-state index in [1.807, 2.05) is 0 Å². The van der Waals surface area contributed by atoms with E-state index in [0.29, 0.717) is 11.0 Å². The molecule has 0 aliphatic heterocycles. The van der Waals surface area contributed by atoms with E-state index < -0.39 is 10.1 Å². The van der Waals surface area contributed by atoms with Gasteiger partial charge in [-0.1, -0.05) is 18.2 Å². The quantitative estimate of drug-likeness (QED) is 0.632. The molecule has 0 saturated carbocycles. The van der Waals surface area contributed by atoms with Crippen LogP contribution in [0.15, 0.2) is 47.7 Å². The van der Waals surface area contributed by atoms with Gasteiger partial charge in [-0.05, 0) is 12.1 Å². The van der Waals surface area contributed by atoms with Crippen LogP contribution in [0.1, 0.15) is 0 Å². The number of benzene rings is 1. The third-order valence-corrected chi connectivity index (χ3v) is 4.40. The van der Waals surface area contributed by atoms with Gasteiger partial charge in [-0.25, -0.2) is 4.98 Å². The number of nitrogens with zero attached hydrogens (tertiary/aromatic N) is 4. The fourth-order valence-corrected chi connectivity index (χ4v) is 3.01. The van der Waals surface area contributed by atoms with Crippen molar-refractivity contribution < 1.29 is 12.6 Å². The second-order valence-electron chi connectivity index (χ2n) is 4.91. The van der Waals surface area contributed by atoms with E-state index in [1.165, 1.54) is 21.8 Å². The van der Waals surface area contributed by atoms with Crippen LogP contribution in [0.5, 0.6) is 5.75 Å². The molecule has 0 amide bonds. The zero-order valence-corrected chi connectivity index (χ0v) is 13.1. The maximum absolute atomic E-state index is 12.3. The molecule has 0 saturated heterocycles. The molecule has 0 atom stereocenters. The van der Waals surface area contributed by atoms with Gasteiger partial charge in [0, 0.05) is 13.6 Å². The summed E-state index contributed by atoms with van der Waals surface area (Å²) in [4.78, 5) is 16.4. The topological polar surface area (TPSA) is 96.1 Å². The molecule has 2 aromatic heterocycles. The maximum atomic E-state index is 12.3. The van der Waals surface area contributed by atoms with Crippen LogP contribution in [0.2, 0.25) is 0 Å². The Morgan fingerprint density at radius 1 is 1.22 bits per heavy atom. The van der Waals surface area contributed by atoms with Gasteiger partial charge in [0.05, 0.1) is 6.20 Å². The van der Waals surface area contributed by atoms with Crippen molar-refractivity contribution in [2.75, 3.05) is 5.75 Å². The summed E-state index contributed by atoms with van der Waals surface area (Å²) in [6, 6.07) is 8.21. The number of para-hydroxylation sites is 1. The molecule has 0 fully saturated rings. The molecule has 0 aliphatic rings. The predicted octanol–water partition coefficient (Wildman–Crippen LogP) is 0.539. The lowest BCUT2D eigenvalue weighted by Crippen LogP contribution is -2.26. The smallest absolute Gasteiger partial charge is 0.310 e. The van der Waals surface area contributed by atoms with Crippen LogP contribution >= 0.6 is 0 Å². The Hall–Kier alpha value is -2.68. The van der Waals surface area contributed by atoms with Crippen LogP contribution in [-0.2, 0) is 23.7 Å². The SMILES string of the molecule is Cn1ncc2c(=O)n(CCS(=O)(=O)Oc3ccccc3)cnc21. The molecule has 3 rings (SSSR count). The second kappa shape index (κ2) is 5.84. The van der Waals surface area contributed by atoms with Crippen molar-refractivity contribution in [2.45, 2.75) is 6.54 Å². The van der Waals surface area contributed by atoms with Crippen molar-refractivity contribution in [1.29, 1.82) is 0 Å². The van der Waals surface area contributed by atoms with E-state index in [2.05, 4.69) is 10.1 Å². The minimum atomic E-state index is -3.81. The van der Waals surface area contributed by atoms with E-state index in [4.69, 9.17) is 4.18 Å². The molecular formula is C14H14N4O4S. The molecule has 2 heterocycles. The van der Waals surface area contributed by atoms with Crippen molar-refractivity contribution in [3.05, 3.63) is 53.2 Å². The van der Waals surface area contributed by atoms with Crippen LogP contribution < -0.4 is 9.74 Å². The molecule has 0 aliphatic carbocycles. The third kappa shape index (κ3) is 3.24. The number of aryl methyl sites for hydroxylation is 2. The van der Waals surface area contributed by atoms with Gasteiger partial charge in [0.1, 0.15) is 23.2 Å². The van der Waals surface area contributed by atoms with E-state index in [9.17, 15) is 13.2 Å². The zero-order chi connectivity index (χ0) is 16.4. The van der Waals surface area contributed by atoms with Gasteiger partial charge in [0.15, 0.2) is 5.65 Å². The van der Waals surface area contributed by atoms with E-state index in [0.717, 1.165) is 0 Å². The summed E-state index contributed by atoms with van der Waals surface area (Å²) >= 11 is 0. The highest BCUT2D eigenvalue weighted by molar-refractivity contribution is 7.87. The van der Waals surface area contributed by atoms with Gasteiger partial charge >= 0.3 is 10.1 Å². The first kappa shape index (κ1) is 15.2. The average molecular weight is 334 g/mol. The summed E-state index contributed by atoms with van der Waals surface area (Å²) in [5.74, 6) is -0.101. The van der Waals surface area contributed by atoms with E-state index in [1.54, 1.807) is 37.4 Å². The first-order valence-electron chi connectivity index (χ1n) is 6.81. The number of aromatic nitrogens is 4. The highest BCUT2D eigenvalue weighted by atomic mass is 32.2. The largest absolute Gasteiger partial charge is 0.382 e. The predicted molar refractivity (Wildman–Crippen MR) is 83.6 cm³/mol. The van der Waals surface area contributed by atoms with Gasteiger partial charge in [0.25, 0.3) is 5.56 Å². The summed E-state index contributed by atoms with van der Waals surface area (Å²) in [6.45, 7) is -0.0498. The molecule has 0 unspecified atom stereocenters. The normalized spacial score (nSPS) is 11.7. The minimum Gasteiger partial charge on any atom is -0.382 e. The van der Waals surface area contributed by atoms with Gasteiger partial charge in [-0.3, -0.25) is 14.0 Å². The lowest BCUT2D eigenvalue weighted by Gasteiger charge is -2.08. The fraction of sp³-hybridized carbons (Fsp3) is 0.214. The molecule has 0 bridgehead atoms. The number of hydrogen-bond acceptors (Lipinski definition) is 6. The molecule has 0 N–H and O–H groups in total. The Balaban J connectivity index is 1.78. The highest BCUT2D eigenvalue weighted by Crippen LogP contribution is 2.12. The lowest BCUT2D eigenvalue weighted by atomic mass is 10.3. The van der Waals surface area contributed by atoms with Crippen molar-refractivity contribution in [1.82, 2.24) is 19.3 Å². The highest BCUT2D eigenvalue weighted by Gasteiger charge is 2.15. The Kier molecular flexibility index (Phi) is 3.87. The Morgan fingerprint density at radius 2 is 1.96 bits per heavy atom. The molecule has 0 spiro atoms. The van der Waals surface area contributed by atoms with Gasteiger partial charge in [-0.15, -0.1) is 0 Å². The van der Waals surface area contributed by atoms with Crippen molar-refractivity contribution in [3.8, 4) is 5.75 Å². The molecule has 1 aromatic carbocycles. The second-order valence-corrected chi connectivity index (χ2v) is 6.60. The Labute approximate surface area is 132 Å². The summed E-state index contributed by atoms with van der Waals surface area (Å²) in [5.41, 5.74) is 0.118. The molecule has 9 heteroatoms. The summed E-state index contributed by atoms with van der Waals surface area (Å²) in [6.07, 6.45) is 2.72. The van der Waals surface area contributed by atoms with Crippen LogP contribution in [0.25, 0.3) is 11.0 Å². The van der Waals surface area contributed by atoms with Crippen LogP contribution in [0, 0.1) is 0 Å². The number of rotatable bonds is 5. The van der Waals surface area contributed by atoms with Gasteiger partial charge < -0.3 is 4.18 Å². The van der Waals surface area contributed by atoms with Crippen molar-refractivity contribution in [3.63, 3.8) is 0 Å². The molecular weight excluding hydrogens is 320 g/mol. The minimum absolute atomic E-state index is 0.0498. The van der Waals surface area contributed by atoms with Crippen LogP contribution in [0.4, 0.5) is 0 Å². The van der Waals surface area contributed by atoms with Crippen molar-refractivity contribution in [2.24, 2.45) is 7.05 Å². The van der Waals surface area contributed by atoms with E-state index in [-0.39, 0.29) is 23.6 Å². The van der Waals surface area contributed by atoms with E-state index >= 15 is 0 Å². The average Bonchev–Trinajstić information content (AvgIpc) is 2.89. The summed E-state index contributed by atoms with van der Waals surface area (Å²) < 4.78 is 31.6.